The second kappa shape index (κ2) is 5.42. The summed E-state index contributed by atoms with van der Waals surface area (Å²) in [6.07, 6.45) is 5.26. The monoisotopic (exact) mass is 318 g/mol. The molecule has 2 aromatic rings. The van der Waals surface area contributed by atoms with E-state index in [0.717, 1.165) is 21.7 Å². The second-order valence-corrected chi connectivity index (χ2v) is 4.87. The number of aromatic nitrogens is 1. The molecule has 0 radical (unpaired) electrons. The van der Waals surface area contributed by atoms with Gasteiger partial charge in [0.2, 0.25) is 0 Å². The van der Waals surface area contributed by atoms with Gasteiger partial charge in [-0.2, -0.15) is 0 Å². The van der Waals surface area contributed by atoms with E-state index < -0.39 is 0 Å². The first-order valence-corrected chi connectivity index (χ1v) is 6.57. The van der Waals surface area contributed by atoms with Crippen LogP contribution in [-0.4, -0.2) is 4.98 Å². The normalized spacial score (nSPS) is 17.7. The van der Waals surface area contributed by atoms with Gasteiger partial charge < -0.3 is 4.74 Å². The van der Waals surface area contributed by atoms with Gasteiger partial charge in [-0.3, -0.25) is 15.3 Å². The van der Waals surface area contributed by atoms with Crippen LogP contribution in [0.5, 0.6) is 11.5 Å². The van der Waals surface area contributed by atoms with Crippen molar-refractivity contribution in [3.63, 3.8) is 0 Å². The van der Waals surface area contributed by atoms with Gasteiger partial charge in [-0.25, -0.2) is 0 Å². The highest BCUT2D eigenvalue weighted by atomic mass is 79.9. The molecule has 1 atom stereocenters. The summed E-state index contributed by atoms with van der Waals surface area (Å²) in [5.41, 5.74) is 3.82. The molecule has 1 N–H and O–H groups in total. The molecule has 4 nitrogen and oxygen atoms in total. The van der Waals surface area contributed by atoms with Crippen LogP contribution in [0, 0.1) is 0 Å². The highest BCUT2D eigenvalue weighted by molar-refractivity contribution is 9.11. The maximum Gasteiger partial charge on any atom is 0.145 e. The number of halogens is 1. The van der Waals surface area contributed by atoms with Gasteiger partial charge in [0, 0.05) is 6.20 Å². The molecule has 96 valence electrons. The lowest BCUT2D eigenvalue weighted by Crippen LogP contribution is -2.05. The minimum atomic E-state index is -0.0817. The fraction of sp³-hybridized carbons (Fsp3) is 0.0714. The standard InChI is InChI=1S/C14H11BrN2O2/c15-14-8-13(19-17-14)10-3-5-11(6-4-10)18-12-2-1-7-16-9-12/h1-9,13,17H/t13-/m0/s1. The van der Waals surface area contributed by atoms with E-state index in [4.69, 9.17) is 9.57 Å². The molecule has 0 amide bonds. The number of hydrogen-bond acceptors (Lipinski definition) is 4. The fourth-order valence-electron chi connectivity index (χ4n) is 1.75. The van der Waals surface area contributed by atoms with Crippen molar-refractivity contribution >= 4 is 15.9 Å². The molecular formula is C14H11BrN2O2. The summed E-state index contributed by atoms with van der Waals surface area (Å²) >= 11 is 3.33. The van der Waals surface area contributed by atoms with Crippen LogP contribution in [0.15, 0.2) is 59.5 Å². The first-order valence-electron chi connectivity index (χ1n) is 5.78. The van der Waals surface area contributed by atoms with Crippen LogP contribution in [0.3, 0.4) is 0 Å². The molecule has 1 aromatic heterocycles. The first-order chi connectivity index (χ1) is 9.31. The lowest BCUT2D eigenvalue weighted by molar-refractivity contribution is 0.0458. The Labute approximate surface area is 119 Å². The van der Waals surface area contributed by atoms with Crippen molar-refractivity contribution in [2.75, 3.05) is 0 Å². The molecule has 1 aliphatic rings. The van der Waals surface area contributed by atoms with Crippen molar-refractivity contribution in [3.8, 4) is 11.5 Å². The van der Waals surface area contributed by atoms with Gasteiger partial charge in [0.1, 0.15) is 22.2 Å². The molecular weight excluding hydrogens is 308 g/mol. The summed E-state index contributed by atoms with van der Waals surface area (Å²) < 4.78 is 6.51. The fourth-order valence-corrected chi connectivity index (χ4v) is 2.09. The number of rotatable bonds is 3. The van der Waals surface area contributed by atoms with Crippen LogP contribution >= 0.6 is 15.9 Å². The van der Waals surface area contributed by atoms with Gasteiger partial charge in [0.15, 0.2) is 0 Å². The zero-order valence-corrected chi connectivity index (χ0v) is 11.5. The summed E-state index contributed by atoms with van der Waals surface area (Å²) in [4.78, 5) is 9.37. The predicted octanol–water partition coefficient (Wildman–Crippen LogP) is 3.69. The third-order valence-electron chi connectivity index (χ3n) is 2.66. The van der Waals surface area contributed by atoms with Gasteiger partial charge in [-0.05, 0) is 51.8 Å². The van der Waals surface area contributed by atoms with Crippen molar-refractivity contribution in [2.45, 2.75) is 6.10 Å². The summed E-state index contributed by atoms with van der Waals surface area (Å²) in [6.45, 7) is 0. The number of hydroxylamine groups is 1. The Hall–Kier alpha value is -1.85. The highest BCUT2D eigenvalue weighted by Crippen LogP contribution is 2.28. The van der Waals surface area contributed by atoms with E-state index >= 15 is 0 Å². The molecule has 0 saturated carbocycles. The summed E-state index contributed by atoms with van der Waals surface area (Å²) in [5.74, 6) is 1.49. The van der Waals surface area contributed by atoms with Crippen molar-refractivity contribution in [3.05, 3.63) is 65.0 Å². The topological polar surface area (TPSA) is 43.4 Å². The zero-order valence-electron chi connectivity index (χ0n) is 9.92. The van der Waals surface area contributed by atoms with Gasteiger partial charge in [-0.15, -0.1) is 0 Å². The van der Waals surface area contributed by atoms with Gasteiger partial charge in [0.05, 0.1) is 6.20 Å². The van der Waals surface area contributed by atoms with Crippen LogP contribution in [-0.2, 0) is 4.84 Å². The second-order valence-electron chi connectivity index (χ2n) is 4.01. The third kappa shape index (κ3) is 2.94. The number of nitrogens with one attached hydrogen (secondary N) is 1. The molecule has 19 heavy (non-hydrogen) atoms. The Morgan fingerprint density at radius 2 is 2.00 bits per heavy atom. The lowest BCUT2D eigenvalue weighted by atomic mass is 10.1. The average molecular weight is 319 g/mol. The summed E-state index contributed by atoms with van der Waals surface area (Å²) in [5, 5.41) is 0. The maximum absolute atomic E-state index is 5.67. The summed E-state index contributed by atoms with van der Waals surface area (Å²) in [6, 6.07) is 11.5. The number of hydrogen-bond donors (Lipinski definition) is 1. The van der Waals surface area contributed by atoms with E-state index in [2.05, 4.69) is 26.4 Å². The molecule has 0 fully saturated rings. The van der Waals surface area contributed by atoms with Crippen LogP contribution < -0.4 is 10.2 Å². The minimum Gasteiger partial charge on any atom is -0.456 e. The number of benzene rings is 1. The van der Waals surface area contributed by atoms with E-state index in [0.29, 0.717) is 0 Å². The lowest BCUT2D eigenvalue weighted by Gasteiger charge is -2.09. The Morgan fingerprint density at radius 3 is 2.63 bits per heavy atom. The van der Waals surface area contributed by atoms with Crippen molar-refractivity contribution in [2.24, 2.45) is 0 Å². The van der Waals surface area contributed by atoms with Gasteiger partial charge >= 0.3 is 0 Å². The molecule has 0 aliphatic carbocycles. The average Bonchev–Trinajstić information content (AvgIpc) is 2.87. The van der Waals surface area contributed by atoms with Crippen LogP contribution in [0.25, 0.3) is 0 Å². The molecule has 5 heteroatoms. The van der Waals surface area contributed by atoms with Crippen LogP contribution in [0.1, 0.15) is 11.7 Å². The van der Waals surface area contributed by atoms with E-state index in [1.165, 1.54) is 0 Å². The Kier molecular flexibility index (Phi) is 3.48. The molecule has 0 bridgehead atoms. The highest BCUT2D eigenvalue weighted by Gasteiger charge is 2.16. The Balaban J connectivity index is 1.73. The molecule has 2 heterocycles. The molecule has 0 spiro atoms. The predicted molar refractivity (Wildman–Crippen MR) is 74.7 cm³/mol. The molecule has 0 unspecified atom stereocenters. The van der Waals surface area contributed by atoms with Gasteiger partial charge in [-0.1, -0.05) is 12.1 Å². The molecule has 0 saturated heterocycles. The quantitative estimate of drug-likeness (QED) is 0.877. The Bertz CT molecular complexity index is 584. The maximum atomic E-state index is 5.67. The van der Waals surface area contributed by atoms with E-state index in [1.807, 2.05) is 42.5 Å². The number of ether oxygens (including phenoxy) is 1. The van der Waals surface area contributed by atoms with Crippen molar-refractivity contribution in [1.82, 2.24) is 10.5 Å². The Morgan fingerprint density at radius 1 is 1.16 bits per heavy atom. The smallest absolute Gasteiger partial charge is 0.145 e. The molecule has 1 aliphatic heterocycles. The minimum absolute atomic E-state index is 0.0817. The van der Waals surface area contributed by atoms with Gasteiger partial charge in [0.25, 0.3) is 0 Å². The molecule has 1 aromatic carbocycles. The number of nitrogens with zero attached hydrogens (tertiary/aromatic N) is 1. The third-order valence-corrected chi connectivity index (χ3v) is 3.09. The van der Waals surface area contributed by atoms with Crippen LogP contribution in [0.2, 0.25) is 0 Å². The zero-order chi connectivity index (χ0) is 13.1. The van der Waals surface area contributed by atoms with Crippen molar-refractivity contribution in [1.29, 1.82) is 0 Å². The molecule has 3 rings (SSSR count). The van der Waals surface area contributed by atoms with E-state index in [-0.39, 0.29) is 6.10 Å². The SMILES string of the molecule is BrC1=C[C@@H](c2ccc(Oc3cccnc3)cc2)ON1. The van der Waals surface area contributed by atoms with E-state index in [9.17, 15) is 0 Å². The number of pyridine rings is 1. The van der Waals surface area contributed by atoms with Crippen molar-refractivity contribution < 1.29 is 9.57 Å². The largest absolute Gasteiger partial charge is 0.456 e. The van der Waals surface area contributed by atoms with E-state index in [1.54, 1.807) is 12.4 Å². The first kappa shape index (κ1) is 12.2. The summed E-state index contributed by atoms with van der Waals surface area (Å²) in [7, 11) is 0. The van der Waals surface area contributed by atoms with Crippen LogP contribution in [0.4, 0.5) is 0 Å².